The fraction of sp³-hybridized carbons (Fsp3) is 0.200. The number of phenols is 2. The Morgan fingerprint density at radius 3 is 2.78 bits per heavy atom. The van der Waals surface area contributed by atoms with Crippen molar-refractivity contribution >= 4 is 22.8 Å². The van der Waals surface area contributed by atoms with Gasteiger partial charge >= 0.3 is 0 Å². The van der Waals surface area contributed by atoms with E-state index >= 15 is 0 Å². The second kappa shape index (κ2) is 4.67. The van der Waals surface area contributed by atoms with Crippen LogP contribution in [0.15, 0.2) is 24.8 Å². The van der Waals surface area contributed by atoms with Gasteiger partial charge in [0.25, 0.3) is 0 Å². The molecule has 0 radical (unpaired) electrons. The highest BCUT2D eigenvalue weighted by molar-refractivity contribution is 6.02. The lowest BCUT2D eigenvalue weighted by Crippen LogP contribution is -2.21. The second-order valence-corrected chi connectivity index (χ2v) is 5.45. The number of carbonyl (C=O) groups is 1. The third kappa shape index (κ3) is 1.84. The molecule has 0 aliphatic heterocycles. The largest absolute Gasteiger partial charge is 0.508 e. The summed E-state index contributed by atoms with van der Waals surface area (Å²) in [6.07, 6.45) is 3.63. The summed E-state index contributed by atoms with van der Waals surface area (Å²) >= 11 is 0. The van der Waals surface area contributed by atoms with Gasteiger partial charge < -0.3 is 20.5 Å². The van der Waals surface area contributed by atoms with E-state index in [1.54, 1.807) is 10.9 Å². The molecule has 1 aliphatic carbocycles. The smallest absolute Gasteiger partial charge is 0.167 e. The third-order valence-electron chi connectivity index (χ3n) is 4.18. The predicted octanol–water partition coefficient (Wildman–Crippen LogP) is 1.39. The van der Waals surface area contributed by atoms with Crippen LogP contribution in [-0.2, 0) is 0 Å². The summed E-state index contributed by atoms with van der Waals surface area (Å²) in [7, 11) is 0. The number of nitrogen functional groups attached to an aromatic ring is 1. The third-order valence-corrected chi connectivity index (χ3v) is 4.18. The van der Waals surface area contributed by atoms with E-state index in [2.05, 4.69) is 15.0 Å². The number of ketones is 1. The van der Waals surface area contributed by atoms with Crippen LogP contribution in [0, 0.1) is 0 Å². The average Bonchev–Trinajstić information content (AvgIpc) is 2.96. The Morgan fingerprint density at radius 2 is 1.96 bits per heavy atom. The summed E-state index contributed by atoms with van der Waals surface area (Å²) < 4.78 is 1.75. The van der Waals surface area contributed by atoms with Gasteiger partial charge in [0.1, 0.15) is 23.3 Å². The first-order valence-electron chi connectivity index (χ1n) is 7.09. The lowest BCUT2D eigenvalue weighted by atomic mass is 9.85. The van der Waals surface area contributed by atoms with Gasteiger partial charge in [-0.1, -0.05) is 0 Å². The van der Waals surface area contributed by atoms with Crippen molar-refractivity contribution in [2.45, 2.75) is 18.9 Å². The maximum atomic E-state index is 12.1. The van der Waals surface area contributed by atoms with Gasteiger partial charge in [0.2, 0.25) is 0 Å². The highest BCUT2D eigenvalue weighted by Crippen LogP contribution is 2.42. The molecule has 0 amide bonds. The van der Waals surface area contributed by atoms with Crippen molar-refractivity contribution in [2.75, 3.05) is 5.73 Å². The first kappa shape index (κ1) is 13.5. The minimum absolute atomic E-state index is 0.0419. The number of aromatic hydroxyl groups is 2. The molecule has 23 heavy (non-hydrogen) atoms. The van der Waals surface area contributed by atoms with Crippen LogP contribution >= 0.6 is 0 Å². The summed E-state index contributed by atoms with van der Waals surface area (Å²) in [5.41, 5.74) is 7.33. The summed E-state index contributed by atoms with van der Waals surface area (Å²) in [6.45, 7) is 0. The molecule has 1 aliphatic rings. The maximum Gasteiger partial charge on any atom is 0.167 e. The van der Waals surface area contributed by atoms with Crippen LogP contribution in [0.25, 0.3) is 11.2 Å². The van der Waals surface area contributed by atoms with E-state index in [0.717, 1.165) is 0 Å². The van der Waals surface area contributed by atoms with E-state index in [1.807, 2.05) is 0 Å². The Morgan fingerprint density at radius 1 is 1.17 bits per heavy atom. The van der Waals surface area contributed by atoms with Gasteiger partial charge in [0.15, 0.2) is 17.2 Å². The van der Waals surface area contributed by atoms with Gasteiger partial charge in [0, 0.05) is 12.0 Å². The quantitative estimate of drug-likeness (QED) is 0.579. The number of hydrogen-bond donors (Lipinski definition) is 3. The molecule has 2 heterocycles. The number of nitrogens with two attached hydrogens (primary N) is 1. The van der Waals surface area contributed by atoms with Crippen molar-refractivity contribution in [3.63, 3.8) is 0 Å². The van der Waals surface area contributed by atoms with Crippen molar-refractivity contribution in [3.8, 4) is 11.5 Å². The van der Waals surface area contributed by atoms with E-state index in [4.69, 9.17) is 5.73 Å². The summed E-state index contributed by atoms with van der Waals surface area (Å²) in [4.78, 5) is 24.5. The molecular weight excluding hydrogens is 298 g/mol. The molecule has 0 fully saturated rings. The van der Waals surface area contributed by atoms with Gasteiger partial charge in [0.05, 0.1) is 17.9 Å². The Labute approximate surface area is 130 Å². The van der Waals surface area contributed by atoms with Gasteiger partial charge in [-0.05, 0) is 18.6 Å². The number of imidazole rings is 1. The van der Waals surface area contributed by atoms with E-state index < -0.39 is 0 Å². The number of hydrogen-bond acceptors (Lipinski definition) is 7. The number of fused-ring (bicyclic) bond motifs is 2. The van der Waals surface area contributed by atoms with Crippen molar-refractivity contribution in [1.29, 1.82) is 0 Å². The molecule has 0 saturated carbocycles. The molecule has 4 rings (SSSR count). The van der Waals surface area contributed by atoms with E-state index in [1.165, 1.54) is 18.5 Å². The Bertz CT molecular complexity index is 950. The first-order valence-corrected chi connectivity index (χ1v) is 7.09. The van der Waals surface area contributed by atoms with Crippen LogP contribution in [0.2, 0.25) is 0 Å². The topological polar surface area (TPSA) is 127 Å². The zero-order chi connectivity index (χ0) is 16.1. The van der Waals surface area contributed by atoms with Gasteiger partial charge in [-0.2, -0.15) is 0 Å². The second-order valence-electron chi connectivity index (χ2n) is 5.45. The molecule has 116 valence electrons. The zero-order valence-electron chi connectivity index (χ0n) is 12.0. The average molecular weight is 311 g/mol. The molecule has 3 aromatic rings. The lowest BCUT2D eigenvalue weighted by molar-refractivity contribution is 0.0960. The molecule has 8 heteroatoms. The van der Waals surface area contributed by atoms with Gasteiger partial charge in [-0.25, -0.2) is 15.0 Å². The van der Waals surface area contributed by atoms with E-state index in [-0.39, 0.29) is 41.1 Å². The Balaban J connectivity index is 1.98. The lowest BCUT2D eigenvalue weighted by Gasteiger charge is -2.27. The highest BCUT2D eigenvalue weighted by Gasteiger charge is 2.33. The van der Waals surface area contributed by atoms with Gasteiger partial charge in [-0.15, -0.1) is 0 Å². The minimum Gasteiger partial charge on any atom is -0.508 e. The van der Waals surface area contributed by atoms with Crippen molar-refractivity contribution in [2.24, 2.45) is 0 Å². The molecule has 8 nitrogen and oxygen atoms in total. The van der Waals surface area contributed by atoms with Crippen molar-refractivity contribution in [1.82, 2.24) is 19.5 Å². The molecule has 0 bridgehead atoms. The molecule has 0 unspecified atom stereocenters. The Hall–Kier alpha value is -3.16. The molecular formula is C15H13N5O3. The normalized spacial score (nSPS) is 17.4. The summed E-state index contributed by atoms with van der Waals surface area (Å²) in [5, 5.41) is 20.3. The highest BCUT2D eigenvalue weighted by atomic mass is 16.3. The van der Waals surface area contributed by atoms with E-state index in [0.29, 0.717) is 23.1 Å². The summed E-state index contributed by atoms with van der Waals surface area (Å²) in [5.74, 6) is -0.102. The monoisotopic (exact) mass is 311 g/mol. The first-order chi connectivity index (χ1) is 11.1. The SMILES string of the molecule is Nc1ncnc2c1ncn2[C@@H]1CCC(=O)c2c(O)ccc(O)c21. The maximum absolute atomic E-state index is 12.1. The number of nitrogens with zero attached hydrogens (tertiary/aromatic N) is 4. The minimum atomic E-state index is -0.367. The molecule has 1 aromatic carbocycles. The predicted molar refractivity (Wildman–Crippen MR) is 81.2 cm³/mol. The molecule has 4 N–H and O–H groups in total. The van der Waals surface area contributed by atoms with Gasteiger partial charge in [-0.3, -0.25) is 4.79 Å². The fourth-order valence-electron chi connectivity index (χ4n) is 3.14. The summed E-state index contributed by atoms with van der Waals surface area (Å²) in [6, 6.07) is 2.33. The standard InChI is InChI=1S/C15H13N5O3/c16-14-13-15(18-5-17-14)20(6-19-13)7-1-2-9(22)12-10(23)4-3-8(21)11(7)12/h3-7,21,23H,1-2H2,(H2,16,17,18)/t7-/m1/s1. The molecule has 0 spiro atoms. The number of anilines is 1. The Kier molecular flexibility index (Phi) is 2.74. The van der Waals surface area contributed by atoms with Crippen LogP contribution in [0.4, 0.5) is 5.82 Å². The molecule has 1 atom stereocenters. The number of rotatable bonds is 1. The van der Waals surface area contributed by atoms with Crippen LogP contribution in [0.3, 0.4) is 0 Å². The van der Waals surface area contributed by atoms with Crippen LogP contribution < -0.4 is 5.73 Å². The van der Waals surface area contributed by atoms with E-state index in [9.17, 15) is 15.0 Å². The number of Topliss-reactive ketones (excluding diaryl/α,β-unsaturated/α-hetero) is 1. The van der Waals surface area contributed by atoms with Crippen molar-refractivity contribution < 1.29 is 15.0 Å². The fourth-order valence-corrected chi connectivity index (χ4v) is 3.14. The molecule has 2 aromatic heterocycles. The van der Waals surface area contributed by atoms with Crippen LogP contribution in [0.5, 0.6) is 11.5 Å². The van der Waals surface area contributed by atoms with Crippen LogP contribution in [0.1, 0.15) is 34.8 Å². The number of phenolic OH excluding ortho intramolecular Hbond substituents is 2. The number of aromatic nitrogens is 4. The zero-order valence-corrected chi connectivity index (χ0v) is 12.0. The number of carbonyl (C=O) groups excluding carboxylic acids is 1. The molecule has 0 saturated heterocycles. The number of benzene rings is 1. The van der Waals surface area contributed by atoms with Crippen LogP contribution in [-0.4, -0.2) is 35.5 Å². The van der Waals surface area contributed by atoms with Crippen molar-refractivity contribution in [3.05, 3.63) is 35.9 Å².